The molecule has 0 unspecified atom stereocenters. The van der Waals surface area contributed by atoms with Crippen molar-refractivity contribution in [1.82, 2.24) is 0 Å². The highest BCUT2D eigenvalue weighted by atomic mass is 79.9. The highest BCUT2D eigenvalue weighted by molar-refractivity contribution is 9.10. The maximum atomic E-state index is 14.0. The van der Waals surface area contributed by atoms with Gasteiger partial charge in [-0.3, -0.25) is 0 Å². The SMILES string of the molecule is C[C@]12CC[C@H](c3ccc(O)c(F)c3F)C[C@@H]1CC[C@@H]2O.Cc1c(Br)ccc(O)c1F.Cc1c([C@H]2CC[C@@]3(C)[C@@H](CC[C@@H]3O)C2)ccc(O)c1F.Oc1ccc(Br)c(F)c1F. The Morgan fingerprint density at radius 3 is 1.32 bits per heavy atom. The van der Waals surface area contributed by atoms with Gasteiger partial charge in [0.25, 0.3) is 0 Å². The van der Waals surface area contributed by atoms with Crippen molar-refractivity contribution in [2.24, 2.45) is 22.7 Å². The first-order valence-corrected chi connectivity index (χ1v) is 21.7. The van der Waals surface area contributed by atoms with E-state index in [-0.39, 0.29) is 44.9 Å². The molecular formula is C46H52Br2F6O6. The van der Waals surface area contributed by atoms with Gasteiger partial charge in [-0.15, -0.1) is 0 Å². The molecule has 0 amide bonds. The van der Waals surface area contributed by atoms with E-state index < -0.39 is 46.4 Å². The highest BCUT2D eigenvalue weighted by Crippen LogP contribution is 2.57. The Morgan fingerprint density at radius 2 is 0.850 bits per heavy atom. The van der Waals surface area contributed by atoms with Gasteiger partial charge in [-0.25, -0.2) is 17.6 Å². The maximum absolute atomic E-state index is 14.0. The van der Waals surface area contributed by atoms with Crippen molar-refractivity contribution < 1.29 is 57.0 Å². The van der Waals surface area contributed by atoms with Crippen LogP contribution in [-0.2, 0) is 0 Å². The lowest BCUT2D eigenvalue weighted by Crippen LogP contribution is -2.37. The normalized spacial score (nSPS) is 27.9. The Bertz CT molecular complexity index is 1970. The quantitative estimate of drug-likeness (QED) is 0.0879. The minimum Gasteiger partial charge on any atom is -0.505 e. The average Bonchev–Trinajstić information content (AvgIpc) is 3.70. The van der Waals surface area contributed by atoms with Crippen molar-refractivity contribution in [3.63, 3.8) is 0 Å². The van der Waals surface area contributed by atoms with Gasteiger partial charge in [-0.2, -0.15) is 8.78 Å². The van der Waals surface area contributed by atoms with Gasteiger partial charge in [0.2, 0.25) is 11.6 Å². The summed E-state index contributed by atoms with van der Waals surface area (Å²) in [5, 5.41) is 56.3. The second-order valence-corrected chi connectivity index (χ2v) is 18.9. The third-order valence-corrected chi connectivity index (χ3v) is 15.3. The van der Waals surface area contributed by atoms with E-state index in [9.17, 15) is 46.8 Å². The predicted octanol–water partition coefficient (Wildman–Crippen LogP) is 12.6. The summed E-state index contributed by atoms with van der Waals surface area (Å²) < 4.78 is 79.5. The molecular weight excluding hydrogens is 922 g/mol. The molecule has 0 radical (unpaired) electrons. The smallest absolute Gasteiger partial charge is 0.201 e. The van der Waals surface area contributed by atoms with Crippen LogP contribution in [0.15, 0.2) is 57.5 Å². The Hall–Kier alpha value is -3.46. The third kappa shape index (κ3) is 9.76. The number of phenols is 4. The van der Waals surface area contributed by atoms with Gasteiger partial charge in [0, 0.05) is 10.0 Å². The van der Waals surface area contributed by atoms with Crippen molar-refractivity contribution >= 4 is 31.9 Å². The van der Waals surface area contributed by atoms with E-state index in [1.807, 2.05) is 6.07 Å². The van der Waals surface area contributed by atoms with E-state index in [1.54, 1.807) is 19.9 Å². The number of benzene rings is 4. The van der Waals surface area contributed by atoms with Crippen LogP contribution in [-0.4, -0.2) is 42.8 Å². The van der Waals surface area contributed by atoms with E-state index >= 15 is 0 Å². The number of halogens is 8. The number of hydrogen-bond donors (Lipinski definition) is 6. The molecule has 0 heterocycles. The molecule has 8 atom stereocenters. The summed E-state index contributed by atoms with van der Waals surface area (Å²) >= 11 is 5.88. The second-order valence-electron chi connectivity index (χ2n) is 17.1. The zero-order valence-electron chi connectivity index (χ0n) is 33.9. The summed E-state index contributed by atoms with van der Waals surface area (Å²) in [6, 6.07) is 11.3. The molecule has 4 aliphatic rings. The number of aliphatic hydroxyl groups is 2. The van der Waals surface area contributed by atoms with Gasteiger partial charge in [0.15, 0.2) is 46.3 Å². The van der Waals surface area contributed by atoms with Crippen molar-refractivity contribution in [1.29, 1.82) is 0 Å². The average molecular weight is 975 g/mol. The van der Waals surface area contributed by atoms with Crippen LogP contribution in [0.4, 0.5) is 26.3 Å². The number of aromatic hydroxyl groups is 4. The molecule has 4 saturated carbocycles. The standard InChI is InChI=1S/C17H23FO2.C16H20F2O2.C7H6BrFO.C6H3BrF2O/c1-10-13(4-5-14(19)16(10)18)11-7-8-17(2)12(9-11)3-6-15(17)20;1-16-7-6-9(8-10(16)2-5-13(16)20)11-3-4-12(19)15(18)14(11)17;1-4-5(8)2-3-6(10)7(4)9;7-3-1-2-4(10)6(9)5(3)8/h4-5,11-12,15,19-20H,3,6-9H2,1-2H3;3-4,9-10,13,19-20H,2,5-8H2,1H3;2-3,10H,1H3;1-2,10H/t11-,12-,15-,17-;9-,10-,13-,16-;;/m00../s1. The third-order valence-electron chi connectivity index (χ3n) is 13.9. The van der Waals surface area contributed by atoms with Crippen molar-refractivity contribution in [2.75, 3.05) is 0 Å². The Labute approximate surface area is 363 Å². The molecule has 4 aromatic rings. The first-order chi connectivity index (χ1) is 28.1. The van der Waals surface area contributed by atoms with Crippen LogP contribution in [0.2, 0.25) is 0 Å². The number of hydrogen-bond acceptors (Lipinski definition) is 6. The number of aliphatic hydroxyl groups excluding tert-OH is 2. The first kappa shape index (κ1) is 47.6. The van der Waals surface area contributed by atoms with Gasteiger partial charge in [-0.05, 0) is 182 Å². The minimum absolute atomic E-state index is 0.00259. The van der Waals surface area contributed by atoms with Crippen LogP contribution < -0.4 is 0 Å². The van der Waals surface area contributed by atoms with Crippen LogP contribution in [0.25, 0.3) is 0 Å². The molecule has 6 N–H and O–H groups in total. The van der Waals surface area contributed by atoms with E-state index in [2.05, 4.69) is 45.7 Å². The fourth-order valence-electron chi connectivity index (χ4n) is 9.72. The molecule has 0 aromatic heterocycles. The fourth-order valence-corrected chi connectivity index (χ4v) is 10.3. The van der Waals surface area contributed by atoms with Gasteiger partial charge in [-0.1, -0.05) is 41.9 Å². The number of fused-ring (bicyclic) bond motifs is 2. The topological polar surface area (TPSA) is 121 Å². The lowest BCUT2D eigenvalue weighted by Gasteiger charge is -2.42. The lowest BCUT2D eigenvalue weighted by atomic mass is 9.64. The number of phenolic OH excluding ortho intramolecular Hbond substituents is 4. The fraction of sp³-hybridized carbons (Fsp3) is 0.478. The maximum Gasteiger partial charge on any atom is 0.201 e. The summed E-state index contributed by atoms with van der Waals surface area (Å²) in [5.41, 5.74) is 2.40. The summed E-state index contributed by atoms with van der Waals surface area (Å²) in [5.74, 6) is -6.06. The van der Waals surface area contributed by atoms with Crippen LogP contribution in [0.3, 0.4) is 0 Å². The predicted molar refractivity (Wildman–Crippen MR) is 224 cm³/mol. The van der Waals surface area contributed by atoms with E-state index in [1.165, 1.54) is 30.3 Å². The van der Waals surface area contributed by atoms with Gasteiger partial charge >= 0.3 is 0 Å². The molecule has 0 spiro atoms. The molecule has 8 rings (SSSR count). The Balaban J connectivity index is 0.000000160. The van der Waals surface area contributed by atoms with Crippen LogP contribution in [0.5, 0.6) is 23.0 Å². The molecule has 0 aliphatic heterocycles. The number of rotatable bonds is 2. The monoisotopic (exact) mass is 972 g/mol. The molecule has 0 bridgehead atoms. The van der Waals surface area contributed by atoms with Gasteiger partial charge in [0.05, 0.1) is 16.7 Å². The summed E-state index contributed by atoms with van der Waals surface area (Å²) in [6.45, 7) is 7.66. The zero-order valence-corrected chi connectivity index (χ0v) is 37.0. The van der Waals surface area contributed by atoms with Crippen molar-refractivity contribution in [3.8, 4) is 23.0 Å². The first-order valence-electron chi connectivity index (χ1n) is 20.1. The Kier molecular flexibility index (Phi) is 15.3. The summed E-state index contributed by atoms with van der Waals surface area (Å²) in [4.78, 5) is 0. The van der Waals surface area contributed by atoms with E-state index in [0.29, 0.717) is 38.9 Å². The molecule has 328 valence electrons. The summed E-state index contributed by atoms with van der Waals surface area (Å²) in [7, 11) is 0. The molecule has 4 fully saturated rings. The summed E-state index contributed by atoms with van der Waals surface area (Å²) in [6.07, 6.45) is 8.70. The zero-order chi connectivity index (χ0) is 44.4. The lowest BCUT2D eigenvalue weighted by molar-refractivity contribution is 0.00837. The van der Waals surface area contributed by atoms with Gasteiger partial charge < -0.3 is 30.6 Å². The largest absolute Gasteiger partial charge is 0.505 e. The van der Waals surface area contributed by atoms with E-state index in [4.69, 9.17) is 10.2 Å². The van der Waals surface area contributed by atoms with Crippen LogP contribution in [0.1, 0.15) is 112 Å². The van der Waals surface area contributed by atoms with Gasteiger partial charge in [0.1, 0.15) is 0 Å². The molecule has 4 aromatic carbocycles. The molecule has 0 saturated heterocycles. The molecule has 6 nitrogen and oxygen atoms in total. The molecule has 14 heteroatoms. The minimum atomic E-state index is -1.23. The Morgan fingerprint density at radius 1 is 0.467 bits per heavy atom. The van der Waals surface area contributed by atoms with Crippen molar-refractivity contribution in [3.05, 3.63) is 115 Å². The molecule has 4 aliphatic carbocycles. The van der Waals surface area contributed by atoms with Crippen LogP contribution in [0, 0.1) is 71.4 Å². The second kappa shape index (κ2) is 19.3. The van der Waals surface area contributed by atoms with Crippen molar-refractivity contribution in [2.45, 2.75) is 116 Å². The van der Waals surface area contributed by atoms with E-state index in [0.717, 1.165) is 75.8 Å². The highest BCUT2D eigenvalue weighted by Gasteiger charge is 2.50. The molecule has 60 heavy (non-hydrogen) atoms. The van der Waals surface area contributed by atoms with Crippen LogP contribution >= 0.6 is 31.9 Å².